The van der Waals surface area contributed by atoms with Crippen LogP contribution in [-0.2, 0) is 9.59 Å². The van der Waals surface area contributed by atoms with E-state index in [1.807, 2.05) is 18.2 Å². The summed E-state index contributed by atoms with van der Waals surface area (Å²) in [5, 5.41) is 6.27. The van der Waals surface area contributed by atoms with Crippen LogP contribution < -0.4 is 10.6 Å². The number of carbonyl (C=O) groups is 2. The molecule has 6 heteroatoms. The van der Waals surface area contributed by atoms with Crippen LogP contribution in [0.25, 0.3) is 0 Å². The predicted molar refractivity (Wildman–Crippen MR) is 93.6 cm³/mol. The van der Waals surface area contributed by atoms with Crippen molar-refractivity contribution in [1.29, 1.82) is 0 Å². The summed E-state index contributed by atoms with van der Waals surface area (Å²) < 4.78 is 1.86. The van der Waals surface area contributed by atoms with E-state index in [-0.39, 0.29) is 17.6 Å². The van der Waals surface area contributed by atoms with Crippen molar-refractivity contribution in [1.82, 2.24) is 10.6 Å². The molecule has 1 atom stereocenters. The first-order valence-corrected chi connectivity index (χ1v) is 9.14. The maximum atomic E-state index is 12.5. The zero-order valence-electron chi connectivity index (χ0n) is 12.2. The SMILES string of the molecule is O=C1CCC2=C1C(c1ccc(Br)c(Br)c1)C1=C(CCNC1=O)N2. The molecule has 1 aliphatic carbocycles. The number of amides is 1. The summed E-state index contributed by atoms with van der Waals surface area (Å²) in [5.74, 6) is -0.212. The van der Waals surface area contributed by atoms with E-state index in [0.717, 1.165) is 44.3 Å². The lowest BCUT2D eigenvalue weighted by Crippen LogP contribution is -2.40. The van der Waals surface area contributed by atoms with Gasteiger partial charge in [-0.1, -0.05) is 6.07 Å². The van der Waals surface area contributed by atoms with Crippen LogP contribution in [0.1, 0.15) is 30.7 Å². The Morgan fingerprint density at radius 3 is 2.52 bits per heavy atom. The quantitative estimate of drug-likeness (QED) is 0.708. The lowest BCUT2D eigenvalue weighted by atomic mass is 9.78. The lowest BCUT2D eigenvalue weighted by Gasteiger charge is -2.33. The number of rotatable bonds is 1. The molecular formula is C17H14Br2N2O2. The third-order valence-electron chi connectivity index (χ3n) is 4.61. The van der Waals surface area contributed by atoms with Gasteiger partial charge in [0, 0.05) is 56.8 Å². The summed E-state index contributed by atoms with van der Waals surface area (Å²) in [7, 11) is 0. The number of hydrogen-bond acceptors (Lipinski definition) is 3. The van der Waals surface area contributed by atoms with E-state index >= 15 is 0 Å². The average Bonchev–Trinajstić information content (AvgIpc) is 2.90. The predicted octanol–water partition coefficient (Wildman–Crippen LogP) is 3.29. The number of carbonyl (C=O) groups excluding carboxylic acids is 2. The van der Waals surface area contributed by atoms with Gasteiger partial charge in [-0.15, -0.1) is 0 Å². The lowest BCUT2D eigenvalue weighted by molar-refractivity contribution is -0.118. The Labute approximate surface area is 150 Å². The van der Waals surface area contributed by atoms with Gasteiger partial charge in [0.25, 0.3) is 0 Å². The molecule has 2 heterocycles. The normalized spacial score (nSPS) is 23.5. The largest absolute Gasteiger partial charge is 0.361 e. The highest BCUT2D eigenvalue weighted by atomic mass is 79.9. The van der Waals surface area contributed by atoms with Crippen LogP contribution in [0.4, 0.5) is 0 Å². The Balaban J connectivity index is 1.91. The molecule has 0 bridgehead atoms. The second-order valence-electron chi connectivity index (χ2n) is 5.95. The number of ketones is 1. The number of allylic oxidation sites excluding steroid dienone is 2. The molecule has 0 fully saturated rings. The van der Waals surface area contributed by atoms with Gasteiger partial charge in [0.1, 0.15) is 0 Å². The fraction of sp³-hybridized carbons (Fsp3) is 0.294. The number of nitrogens with one attached hydrogen (secondary N) is 2. The number of halogens is 2. The van der Waals surface area contributed by atoms with E-state index in [2.05, 4.69) is 42.5 Å². The second kappa shape index (κ2) is 5.60. The fourth-order valence-electron chi connectivity index (χ4n) is 3.60. The molecule has 3 aliphatic rings. The van der Waals surface area contributed by atoms with Crippen molar-refractivity contribution in [2.45, 2.75) is 25.2 Å². The molecule has 0 saturated heterocycles. The molecule has 4 nitrogen and oxygen atoms in total. The molecule has 4 rings (SSSR count). The number of benzene rings is 1. The van der Waals surface area contributed by atoms with Crippen molar-refractivity contribution in [2.75, 3.05) is 6.54 Å². The van der Waals surface area contributed by atoms with Crippen LogP contribution in [0, 0.1) is 0 Å². The standard InChI is InChI=1S/C17H14Br2N2O2/c18-9-2-1-8(7-10(9)19)14-15-11(3-4-13(15)22)21-12-5-6-20-17(23)16(12)14/h1-2,7,14,21H,3-6H2,(H,20,23). The summed E-state index contributed by atoms with van der Waals surface area (Å²) in [5.41, 5.74) is 4.38. The Hall–Kier alpha value is -1.40. The zero-order valence-corrected chi connectivity index (χ0v) is 15.4. The van der Waals surface area contributed by atoms with Crippen molar-refractivity contribution in [3.05, 3.63) is 55.2 Å². The number of Topliss-reactive ketones (excluding diaryl/α,β-unsaturated/α-hetero) is 1. The highest BCUT2D eigenvalue weighted by Crippen LogP contribution is 2.45. The second-order valence-corrected chi connectivity index (χ2v) is 7.65. The van der Waals surface area contributed by atoms with Crippen LogP contribution >= 0.6 is 31.9 Å². The summed E-state index contributed by atoms with van der Waals surface area (Å²) >= 11 is 7.00. The third-order valence-corrected chi connectivity index (χ3v) is 6.49. The monoisotopic (exact) mass is 436 g/mol. The number of hydrogen-bond donors (Lipinski definition) is 2. The van der Waals surface area contributed by atoms with Crippen molar-refractivity contribution in [3.63, 3.8) is 0 Å². The van der Waals surface area contributed by atoms with Crippen LogP contribution in [0.5, 0.6) is 0 Å². The fourth-order valence-corrected chi connectivity index (χ4v) is 4.24. The molecule has 2 N–H and O–H groups in total. The molecule has 0 radical (unpaired) electrons. The number of dihydropyridines is 1. The minimum Gasteiger partial charge on any atom is -0.361 e. The Bertz CT molecular complexity index is 811. The molecule has 1 amide bonds. The summed E-state index contributed by atoms with van der Waals surface area (Å²) in [6.07, 6.45) is 2.04. The summed E-state index contributed by atoms with van der Waals surface area (Å²) in [6, 6.07) is 5.92. The van der Waals surface area contributed by atoms with Gasteiger partial charge in [-0.05, 0) is 56.0 Å². The van der Waals surface area contributed by atoms with Gasteiger partial charge in [-0.3, -0.25) is 9.59 Å². The molecule has 118 valence electrons. The van der Waals surface area contributed by atoms with Crippen molar-refractivity contribution >= 4 is 43.6 Å². The molecular weight excluding hydrogens is 424 g/mol. The minimum atomic E-state index is -0.277. The Morgan fingerprint density at radius 1 is 0.957 bits per heavy atom. The van der Waals surface area contributed by atoms with Crippen LogP contribution in [-0.4, -0.2) is 18.2 Å². The van der Waals surface area contributed by atoms with Gasteiger partial charge in [0.05, 0.1) is 0 Å². The first-order valence-electron chi connectivity index (χ1n) is 7.55. The molecule has 1 aromatic rings. The molecule has 0 spiro atoms. The van der Waals surface area contributed by atoms with E-state index in [1.54, 1.807) is 0 Å². The van der Waals surface area contributed by atoms with E-state index in [0.29, 0.717) is 18.5 Å². The molecule has 0 saturated carbocycles. The van der Waals surface area contributed by atoms with Gasteiger partial charge < -0.3 is 10.6 Å². The topological polar surface area (TPSA) is 58.2 Å². The maximum Gasteiger partial charge on any atom is 0.249 e. The minimum absolute atomic E-state index is 0.0750. The van der Waals surface area contributed by atoms with Gasteiger partial charge in [-0.25, -0.2) is 0 Å². The van der Waals surface area contributed by atoms with Crippen molar-refractivity contribution < 1.29 is 9.59 Å². The van der Waals surface area contributed by atoms with Gasteiger partial charge in [0.2, 0.25) is 5.91 Å². The molecule has 1 unspecified atom stereocenters. The first kappa shape index (κ1) is 15.1. The highest BCUT2D eigenvalue weighted by molar-refractivity contribution is 9.13. The Kier molecular flexibility index (Phi) is 3.69. The highest BCUT2D eigenvalue weighted by Gasteiger charge is 2.41. The maximum absolute atomic E-state index is 12.5. The molecule has 23 heavy (non-hydrogen) atoms. The van der Waals surface area contributed by atoms with E-state index in [4.69, 9.17) is 0 Å². The molecule has 1 aromatic carbocycles. The van der Waals surface area contributed by atoms with Gasteiger partial charge in [0.15, 0.2) is 5.78 Å². The van der Waals surface area contributed by atoms with Crippen molar-refractivity contribution in [3.8, 4) is 0 Å². The zero-order chi connectivity index (χ0) is 16.1. The average molecular weight is 438 g/mol. The van der Waals surface area contributed by atoms with Crippen LogP contribution in [0.15, 0.2) is 49.7 Å². The smallest absolute Gasteiger partial charge is 0.249 e. The molecule has 0 aromatic heterocycles. The van der Waals surface area contributed by atoms with Crippen molar-refractivity contribution in [2.24, 2.45) is 0 Å². The van der Waals surface area contributed by atoms with E-state index in [9.17, 15) is 9.59 Å². The van der Waals surface area contributed by atoms with Crippen LogP contribution in [0.3, 0.4) is 0 Å². The van der Waals surface area contributed by atoms with E-state index < -0.39 is 0 Å². The summed E-state index contributed by atoms with van der Waals surface area (Å²) in [4.78, 5) is 24.9. The molecule has 2 aliphatic heterocycles. The van der Waals surface area contributed by atoms with E-state index in [1.165, 1.54) is 0 Å². The first-order chi connectivity index (χ1) is 11.1. The third kappa shape index (κ3) is 2.39. The Morgan fingerprint density at radius 2 is 1.74 bits per heavy atom. The van der Waals surface area contributed by atoms with Gasteiger partial charge >= 0.3 is 0 Å². The van der Waals surface area contributed by atoms with Gasteiger partial charge in [-0.2, -0.15) is 0 Å². The van der Waals surface area contributed by atoms with Crippen LogP contribution in [0.2, 0.25) is 0 Å². The summed E-state index contributed by atoms with van der Waals surface area (Å²) in [6.45, 7) is 0.637.